The third kappa shape index (κ3) is 6.91. The molecule has 0 amide bonds. The van der Waals surface area contributed by atoms with Gasteiger partial charge in [-0.2, -0.15) is 29.8 Å². The average molecular weight is 693 g/mol. The highest BCUT2D eigenvalue weighted by Gasteiger charge is 2.24. The molecule has 258 valence electrons. The summed E-state index contributed by atoms with van der Waals surface area (Å²) >= 11 is 1.14. The van der Waals surface area contributed by atoms with E-state index in [1.54, 1.807) is 14.1 Å². The zero-order valence-electron chi connectivity index (χ0n) is 27.9. The zero-order valence-corrected chi connectivity index (χ0v) is 28.7. The van der Waals surface area contributed by atoms with Crippen molar-refractivity contribution in [3.05, 3.63) is 34.9 Å². The van der Waals surface area contributed by atoms with Crippen LogP contribution in [-0.4, -0.2) is 75.5 Å². The van der Waals surface area contributed by atoms with Gasteiger partial charge in [-0.15, -0.1) is 30.7 Å². The Labute approximate surface area is 283 Å². The maximum absolute atomic E-state index is 12.2. The summed E-state index contributed by atoms with van der Waals surface area (Å²) in [5.41, 5.74) is 15.3. The van der Waals surface area contributed by atoms with E-state index >= 15 is 0 Å². The van der Waals surface area contributed by atoms with E-state index in [0.29, 0.717) is 45.9 Å². The van der Waals surface area contributed by atoms with Gasteiger partial charge in [0.05, 0.1) is 38.0 Å². The summed E-state index contributed by atoms with van der Waals surface area (Å²) in [6, 6.07) is 0. The fraction of sp³-hybridized carbons (Fsp3) is 0.429. The minimum absolute atomic E-state index is 0.154. The first-order valence-electron chi connectivity index (χ1n) is 15.3. The second-order valence-electron chi connectivity index (χ2n) is 10.7. The molecule has 0 aliphatic heterocycles. The molecule has 0 spiro atoms. The third-order valence-corrected chi connectivity index (χ3v) is 8.22. The van der Waals surface area contributed by atoms with Crippen LogP contribution in [0.5, 0.6) is 0 Å². The number of methoxy groups -OCH3 is 2. The van der Waals surface area contributed by atoms with Gasteiger partial charge in [0.25, 0.3) is 0 Å². The first-order valence-corrected chi connectivity index (χ1v) is 16.1. The number of nitrogen functional groups attached to an aromatic ring is 2. The van der Waals surface area contributed by atoms with E-state index in [1.165, 1.54) is 45.3 Å². The van der Waals surface area contributed by atoms with Crippen molar-refractivity contribution >= 4 is 57.9 Å². The molecule has 0 unspecified atom stereocenters. The zero-order chi connectivity index (χ0) is 35.2. The normalized spacial score (nSPS) is 11.7. The topological polar surface area (TPSA) is 251 Å². The van der Waals surface area contributed by atoms with E-state index in [4.69, 9.17) is 31.1 Å². The number of carbonyl (C=O) groups excluding carboxylic acids is 2. The van der Waals surface area contributed by atoms with E-state index < -0.39 is 11.9 Å². The lowest BCUT2D eigenvalue weighted by molar-refractivity contribution is 0.0592. The number of ether oxygens (including phenoxy) is 2. The van der Waals surface area contributed by atoms with Crippen LogP contribution in [0.15, 0.2) is 32.9 Å². The SMILES string of the molecule is CCCCc1nn(-c2nnc(-n3nc(CCCC)c(/N=N/c4c(C(=O)OC)cnn4C)c3N)s2)c(N)c1/N=N/c1c(C(=O)OC)cnn1C. The van der Waals surface area contributed by atoms with Crippen molar-refractivity contribution in [2.45, 2.75) is 52.4 Å². The Kier molecular flexibility index (Phi) is 10.5. The molecule has 5 rings (SSSR count). The minimum atomic E-state index is -0.596. The molecule has 0 atom stereocenters. The Balaban J connectivity index is 1.52. The van der Waals surface area contributed by atoms with Gasteiger partial charge in [-0.25, -0.2) is 19.0 Å². The number of hydrogen-bond acceptors (Lipinski definition) is 17. The van der Waals surface area contributed by atoms with Crippen LogP contribution in [0.2, 0.25) is 0 Å². The van der Waals surface area contributed by atoms with Gasteiger partial charge in [0, 0.05) is 14.1 Å². The molecule has 0 aliphatic carbocycles. The van der Waals surface area contributed by atoms with Gasteiger partial charge >= 0.3 is 11.9 Å². The fourth-order valence-electron chi connectivity index (χ4n) is 4.66. The van der Waals surface area contributed by atoms with Crippen LogP contribution in [0.25, 0.3) is 10.3 Å². The summed E-state index contributed by atoms with van der Waals surface area (Å²) in [7, 11) is 5.81. The van der Waals surface area contributed by atoms with Crippen LogP contribution in [0.1, 0.15) is 71.6 Å². The van der Waals surface area contributed by atoms with Crippen LogP contribution >= 0.6 is 11.3 Å². The summed E-state index contributed by atoms with van der Waals surface area (Å²) in [5, 5.41) is 44.2. The third-order valence-electron chi connectivity index (χ3n) is 7.35. The number of hydrogen-bond donors (Lipinski definition) is 2. The van der Waals surface area contributed by atoms with Crippen molar-refractivity contribution in [1.82, 2.24) is 49.3 Å². The molecule has 20 nitrogen and oxygen atoms in total. The smallest absolute Gasteiger partial charge is 0.343 e. The molecule has 4 N–H and O–H groups in total. The maximum atomic E-state index is 12.2. The van der Waals surface area contributed by atoms with E-state index in [1.807, 2.05) is 0 Å². The Hall–Kier alpha value is -5.86. The average Bonchev–Trinajstić information content (AvgIpc) is 3.92. The van der Waals surface area contributed by atoms with Crippen molar-refractivity contribution in [2.75, 3.05) is 25.7 Å². The molecule has 0 saturated carbocycles. The molecule has 0 saturated heterocycles. The van der Waals surface area contributed by atoms with Gasteiger partial charge in [0.1, 0.15) is 11.1 Å². The van der Waals surface area contributed by atoms with Crippen LogP contribution in [0.4, 0.5) is 34.6 Å². The van der Waals surface area contributed by atoms with Crippen molar-refractivity contribution in [3.8, 4) is 10.3 Å². The molecule has 0 aliphatic rings. The molecular weight excluding hydrogens is 656 g/mol. The van der Waals surface area contributed by atoms with E-state index in [2.05, 4.69) is 54.7 Å². The molecular formula is C28H36N16O4S. The van der Waals surface area contributed by atoms with Crippen LogP contribution in [-0.2, 0) is 36.4 Å². The lowest BCUT2D eigenvalue weighted by Crippen LogP contribution is -2.01. The molecule has 0 bridgehead atoms. The molecule has 5 aromatic rings. The minimum Gasteiger partial charge on any atom is -0.465 e. The molecule has 21 heteroatoms. The quantitative estimate of drug-likeness (QED) is 0.119. The first-order chi connectivity index (χ1) is 23.6. The van der Waals surface area contributed by atoms with Gasteiger partial charge in [0.2, 0.25) is 10.3 Å². The van der Waals surface area contributed by atoms with E-state index in [0.717, 1.165) is 37.0 Å². The van der Waals surface area contributed by atoms with Crippen molar-refractivity contribution in [1.29, 1.82) is 0 Å². The molecule has 5 heterocycles. The maximum Gasteiger partial charge on any atom is 0.343 e. The van der Waals surface area contributed by atoms with Gasteiger partial charge < -0.3 is 20.9 Å². The number of azo groups is 2. The molecule has 0 aromatic carbocycles. The summed E-state index contributed by atoms with van der Waals surface area (Å²) in [6.07, 6.45) is 7.30. The molecule has 49 heavy (non-hydrogen) atoms. The Morgan fingerprint density at radius 3 is 1.51 bits per heavy atom. The number of nitrogens with two attached hydrogens (primary N) is 2. The van der Waals surface area contributed by atoms with Crippen LogP contribution < -0.4 is 11.5 Å². The van der Waals surface area contributed by atoms with E-state index in [9.17, 15) is 9.59 Å². The number of anilines is 2. The summed E-state index contributed by atoms with van der Waals surface area (Å²) in [4.78, 5) is 24.4. The van der Waals surface area contributed by atoms with Gasteiger partial charge in [-0.05, 0) is 25.7 Å². The second kappa shape index (κ2) is 14.9. The van der Waals surface area contributed by atoms with Crippen LogP contribution in [0, 0.1) is 0 Å². The highest BCUT2D eigenvalue weighted by atomic mass is 32.1. The summed E-state index contributed by atoms with van der Waals surface area (Å²) in [5.74, 6) is -0.454. The predicted octanol–water partition coefficient (Wildman–Crippen LogP) is 4.63. The Bertz CT molecular complexity index is 1890. The van der Waals surface area contributed by atoms with Crippen LogP contribution in [0.3, 0.4) is 0 Å². The number of aromatic nitrogens is 10. The Morgan fingerprint density at radius 2 is 1.14 bits per heavy atom. The summed E-state index contributed by atoms with van der Waals surface area (Å²) < 4.78 is 15.3. The monoisotopic (exact) mass is 692 g/mol. The summed E-state index contributed by atoms with van der Waals surface area (Å²) in [6.45, 7) is 4.12. The molecule has 5 aromatic heterocycles. The van der Waals surface area contributed by atoms with Gasteiger partial charge in [-0.3, -0.25) is 0 Å². The number of unbranched alkanes of at least 4 members (excludes halogenated alkanes) is 2. The largest absolute Gasteiger partial charge is 0.465 e. The number of nitrogens with zero attached hydrogens (tertiary/aromatic N) is 14. The fourth-order valence-corrected chi connectivity index (χ4v) is 5.43. The second-order valence-corrected chi connectivity index (χ2v) is 11.6. The van der Waals surface area contributed by atoms with Crippen molar-refractivity contribution in [2.24, 2.45) is 34.6 Å². The lowest BCUT2D eigenvalue weighted by Gasteiger charge is -2.00. The highest BCUT2D eigenvalue weighted by Crippen LogP contribution is 2.36. The molecule has 0 fully saturated rings. The number of esters is 2. The predicted molar refractivity (Wildman–Crippen MR) is 178 cm³/mol. The first kappa shape index (κ1) is 34.5. The van der Waals surface area contributed by atoms with Crippen molar-refractivity contribution < 1.29 is 19.1 Å². The van der Waals surface area contributed by atoms with Gasteiger partial charge in [0.15, 0.2) is 34.6 Å². The number of carbonyl (C=O) groups is 2. The number of rotatable bonds is 14. The lowest BCUT2D eigenvalue weighted by atomic mass is 10.2. The van der Waals surface area contributed by atoms with Gasteiger partial charge in [-0.1, -0.05) is 38.0 Å². The highest BCUT2D eigenvalue weighted by molar-refractivity contribution is 7.16. The standard InChI is InChI=1S/C28H36N16O4S/c1-7-9-11-17-19(33-35-23-15(25(45)47-5)13-31-41(23)3)21(29)43(39-17)27-37-38-28(49-27)44-22(30)20(18(40-44)12-10-8-2)34-36-24-16(26(46)48-6)14-32-42(24)4/h13-14H,7-12,29-30H2,1-6H3/b35-33+,36-34+. The Morgan fingerprint density at radius 1 is 0.735 bits per heavy atom. The van der Waals surface area contributed by atoms with Crippen molar-refractivity contribution in [3.63, 3.8) is 0 Å². The van der Waals surface area contributed by atoms with E-state index in [-0.39, 0.29) is 34.4 Å². The molecule has 0 radical (unpaired) electrons. The number of aryl methyl sites for hydroxylation is 4.